The fourth-order valence-corrected chi connectivity index (χ4v) is 3.31. The van der Waals surface area contributed by atoms with E-state index in [1.165, 1.54) is 0 Å². The Labute approximate surface area is 150 Å². The number of carbonyl (C=O) groups excluding carboxylic acids is 3. The monoisotopic (exact) mass is 374 g/mol. The van der Waals surface area contributed by atoms with Gasteiger partial charge in [-0.25, -0.2) is 4.79 Å². The maximum atomic E-state index is 11.7. The van der Waals surface area contributed by atoms with Gasteiger partial charge >= 0.3 is 5.97 Å². The Morgan fingerprint density at radius 1 is 1.36 bits per heavy atom. The zero-order valence-corrected chi connectivity index (χ0v) is 15.2. The van der Waals surface area contributed by atoms with Crippen molar-refractivity contribution < 1.29 is 24.3 Å². The minimum Gasteiger partial charge on any atom is -0.480 e. The first-order valence-corrected chi connectivity index (χ1v) is 9.29. The lowest BCUT2D eigenvalue weighted by molar-refractivity contribution is -0.142. The van der Waals surface area contributed by atoms with Gasteiger partial charge in [0.2, 0.25) is 17.7 Å². The average molecular weight is 374 g/mol. The number of carbonyl (C=O) groups is 4. The summed E-state index contributed by atoms with van der Waals surface area (Å²) in [6, 6.07) is -1.56. The third-order valence-electron chi connectivity index (χ3n) is 3.69. The van der Waals surface area contributed by atoms with Gasteiger partial charge in [-0.05, 0) is 18.8 Å². The highest BCUT2D eigenvalue weighted by molar-refractivity contribution is 7.99. The molecule has 2 aliphatic rings. The highest BCUT2D eigenvalue weighted by atomic mass is 32.2. The van der Waals surface area contributed by atoms with Crippen molar-refractivity contribution in [3.05, 3.63) is 0 Å². The van der Waals surface area contributed by atoms with Crippen molar-refractivity contribution in [3.8, 4) is 0 Å². The molecule has 2 rings (SSSR count). The molecule has 0 aromatic carbocycles. The molecular weight excluding hydrogens is 348 g/mol. The molecule has 2 saturated heterocycles. The van der Waals surface area contributed by atoms with Gasteiger partial charge in [0.25, 0.3) is 0 Å². The molecule has 1 unspecified atom stereocenters. The van der Waals surface area contributed by atoms with Gasteiger partial charge in [-0.1, -0.05) is 13.8 Å². The molecule has 6 N–H and O–H groups in total. The van der Waals surface area contributed by atoms with Crippen LogP contribution in [0.5, 0.6) is 0 Å². The number of hydrogen-bond donors (Lipinski definition) is 5. The summed E-state index contributed by atoms with van der Waals surface area (Å²) in [7, 11) is 0. The summed E-state index contributed by atoms with van der Waals surface area (Å²) in [5.74, 6) is -0.00567. The molecule has 0 bridgehead atoms. The summed E-state index contributed by atoms with van der Waals surface area (Å²) in [5.41, 5.74) is 4.98. The summed E-state index contributed by atoms with van der Waals surface area (Å²) in [6.07, 6.45) is 1.13. The van der Waals surface area contributed by atoms with Crippen molar-refractivity contribution in [2.45, 2.75) is 51.2 Å². The summed E-state index contributed by atoms with van der Waals surface area (Å²) in [4.78, 5) is 43.9. The van der Waals surface area contributed by atoms with E-state index in [0.717, 1.165) is 11.6 Å². The first kappa shape index (κ1) is 21.2. The molecule has 2 heterocycles. The number of rotatable bonds is 6. The zero-order valence-electron chi connectivity index (χ0n) is 14.4. The van der Waals surface area contributed by atoms with Crippen molar-refractivity contribution >= 4 is 35.5 Å². The molecule has 3 atom stereocenters. The lowest BCUT2D eigenvalue weighted by Crippen LogP contribution is -2.49. The van der Waals surface area contributed by atoms with Crippen LogP contribution in [0.4, 0.5) is 0 Å². The first-order chi connectivity index (χ1) is 11.7. The van der Waals surface area contributed by atoms with Gasteiger partial charge < -0.3 is 21.5 Å². The van der Waals surface area contributed by atoms with Crippen molar-refractivity contribution in [1.82, 2.24) is 16.0 Å². The predicted octanol–water partition coefficient (Wildman–Crippen LogP) is -0.985. The van der Waals surface area contributed by atoms with Crippen LogP contribution in [-0.2, 0) is 19.2 Å². The zero-order chi connectivity index (χ0) is 19.0. The topological polar surface area (TPSA) is 151 Å². The van der Waals surface area contributed by atoms with E-state index in [4.69, 9.17) is 10.8 Å². The molecule has 0 aliphatic carbocycles. The number of hydrogen-bond acceptors (Lipinski definition) is 6. The quantitative estimate of drug-likeness (QED) is 0.401. The Balaban J connectivity index is 0.000000324. The highest BCUT2D eigenvalue weighted by Crippen LogP contribution is 2.09. The molecule has 0 saturated carbocycles. The SMILES string of the molecule is CC(C)C[C@H](NC(=O)[C@@H]1CCC(=O)N1)C(=O)O.NC(=O)C1CSCN1. The second-order valence-electron chi connectivity index (χ2n) is 6.36. The smallest absolute Gasteiger partial charge is 0.326 e. The van der Waals surface area contributed by atoms with Crippen molar-refractivity contribution in [3.63, 3.8) is 0 Å². The van der Waals surface area contributed by atoms with Gasteiger partial charge in [-0.2, -0.15) is 0 Å². The van der Waals surface area contributed by atoms with Crippen LogP contribution in [0.1, 0.15) is 33.1 Å². The van der Waals surface area contributed by atoms with Crippen LogP contribution >= 0.6 is 11.8 Å². The molecule has 0 aromatic rings. The van der Waals surface area contributed by atoms with E-state index in [-0.39, 0.29) is 23.8 Å². The molecule has 2 fully saturated rings. The lowest BCUT2D eigenvalue weighted by Gasteiger charge is -2.18. The Morgan fingerprint density at radius 2 is 2.04 bits per heavy atom. The molecule has 3 amide bonds. The van der Waals surface area contributed by atoms with Crippen LogP contribution in [0.15, 0.2) is 0 Å². The largest absolute Gasteiger partial charge is 0.480 e. The maximum Gasteiger partial charge on any atom is 0.326 e. The fraction of sp³-hybridized carbons (Fsp3) is 0.733. The van der Waals surface area contributed by atoms with E-state index >= 15 is 0 Å². The average Bonchev–Trinajstić information content (AvgIpc) is 3.17. The summed E-state index contributed by atoms with van der Waals surface area (Å²) < 4.78 is 0. The minimum atomic E-state index is -1.05. The van der Waals surface area contributed by atoms with Crippen molar-refractivity contribution in [2.24, 2.45) is 11.7 Å². The second-order valence-corrected chi connectivity index (χ2v) is 7.39. The number of nitrogens with one attached hydrogen (secondary N) is 3. The standard InChI is InChI=1S/C11H18N2O4.C4H8N2OS/c1-6(2)5-8(11(16)17)13-10(15)7-3-4-9(14)12-7;5-4(7)3-1-8-2-6-3/h6-8H,3-5H2,1-2H3,(H,12,14)(H,13,15)(H,16,17);3,6H,1-2H2,(H2,5,7)/t7-,8-;/m0./s1. The Hall–Kier alpha value is -1.81. The van der Waals surface area contributed by atoms with E-state index in [9.17, 15) is 19.2 Å². The highest BCUT2D eigenvalue weighted by Gasteiger charge is 2.30. The fourth-order valence-electron chi connectivity index (χ4n) is 2.35. The van der Waals surface area contributed by atoms with E-state index < -0.39 is 24.0 Å². The Morgan fingerprint density at radius 3 is 2.40 bits per heavy atom. The molecule has 0 spiro atoms. The summed E-state index contributed by atoms with van der Waals surface area (Å²) in [5, 5.41) is 16.9. The lowest BCUT2D eigenvalue weighted by atomic mass is 10.0. The number of carboxylic acids is 1. The molecule has 0 aromatic heterocycles. The van der Waals surface area contributed by atoms with Gasteiger partial charge in [-0.3, -0.25) is 19.7 Å². The number of thioether (sulfide) groups is 1. The van der Waals surface area contributed by atoms with E-state index in [1.54, 1.807) is 11.8 Å². The van der Waals surface area contributed by atoms with Crippen molar-refractivity contribution in [1.29, 1.82) is 0 Å². The van der Waals surface area contributed by atoms with Gasteiger partial charge in [0.1, 0.15) is 12.1 Å². The predicted molar refractivity (Wildman–Crippen MR) is 93.6 cm³/mol. The van der Waals surface area contributed by atoms with Gasteiger partial charge in [-0.15, -0.1) is 11.8 Å². The van der Waals surface area contributed by atoms with E-state index in [1.807, 2.05) is 13.8 Å². The van der Waals surface area contributed by atoms with Crippen LogP contribution in [-0.4, -0.2) is 58.6 Å². The number of primary amides is 1. The third kappa shape index (κ3) is 7.74. The van der Waals surface area contributed by atoms with E-state index in [0.29, 0.717) is 19.3 Å². The van der Waals surface area contributed by atoms with Gasteiger partial charge in [0.15, 0.2) is 0 Å². The number of aliphatic carboxylic acids is 1. The number of amides is 3. The Bertz CT molecular complexity index is 508. The molecule has 9 nitrogen and oxygen atoms in total. The van der Waals surface area contributed by atoms with Gasteiger partial charge in [0.05, 0.1) is 6.04 Å². The summed E-state index contributed by atoms with van der Waals surface area (Å²) >= 11 is 1.70. The van der Waals surface area contributed by atoms with E-state index in [2.05, 4.69) is 16.0 Å². The minimum absolute atomic E-state index is 0.0833. The van der Waals surface area contributed by atoms with Crippen LogP contribution < -0.4 is 21.7 Å². The van der Waals surface area contributed by atoms with Crippen LogP contribution in [0.25, 0.3) is 0 Å². The molecular formula is C15H26N4O5S. The molecule has 10 heteroatoms. The summed E-state index contributed by atoms with van der Waals surface area (Å²) in [6.45, 7) is 3.78. The Kier molecular flexibility index (Phi) is 8.70. The maximum absolute atomic E-state index is 11.7. The third-order valence-corrected chi connectivity index (χ3v) is 4.63. The first-order valence-electron chi connectivity index (χ1n) is 8.13. The molecule has 25 heavy (non-hydrogen) atoms. The van der Waals surface area contributed by atoms with Gasteiger partial charge in [0, 0.05) is 18.1 Å². The molecule has 2 aliphatic heterocycles. The van der Waals surface area contributed by atoms with Crippen LogP contribution in [0.3, 0.4) is 0 Å². The van der Waals surface area contributed by atoms with Crippen LogP contribution in [0, 0.1) is 5.92 Å². The number of nitrogens with two attached hydrogens (primary N) is 1. The molecule has 142 valence electrons. The van der Waals surface area contributed by atoms with Crippen molar-refractivity contribution in [2.75, 3.05) is 11.6 Å². The normalized spacial score (nSPS) is 23.4. The van der Waals surface area contributed by atoms with Crippen LogP contribution in [0.2, 0.25) is 0 Å². The number of carboxylic acid groups (broad SMARTS) is 1. The molecule has 0 radical (unpaired) electrons. The second kappa shape index (κ2) is 10.2.